The zero-order valence-corrected chi connectivity index (χ0v) is 19.0. The molecule has 2 aromatic carbocycles. The molecule has 0 saturated heterocycles. The minimum absolute atomic E-state index is 0.150. The molecule has 0 bridgehead atoms. The van der Waals surface area contributed by atoms with Crippen LogP contribution in [0.2, 0.25) is 0 Å². The molecule has 1 amide bonds. The molecule has 0 spiro atoms. The van der Waals surface area contributed by atoms with E-state index in [1.165, 1.54) is 0 Å². The Labute approximate surface area is 198 Å². The molecule has 0 saturated carbocycles. The number of rotatable bonds is 7. The number of hydrogen-bond donors (Lipinski definition) is 2. The smallest absolute Gasteiger partial charge is 0.338 e. The summed E-state index contributed by atoms with van der Waals surface area (Å²) in [4.78, 5) is 29.4. The molecule has 0 fully saturated rings. The van der Waals surface area contributed by atoms with Gasteiger partial charge in [0.2, 0.25) is 5.91 Å². The Morgan fingerprint density at radius 3 is 2.71 bits per heavy atom. The first-order chi connectivity index (χ1) is 16.5. The third kappa shape index (κ3) is 5.66. The monoisotopic (exact) mass is 453 g/mol. The number of allylic oxidation sites excluding steroid dienone is 4. The van der Waals surface area contributed by atoms with E-state index in [-0.39, 0.29) is 30.9 Å². The van der Waals surface area contributed by atoms with E-state index >= 15 is 0 Å². The quantitative estimate of drug-likeness (QED) is 0.508. The van der Waals surface area contributed by atoms with Gasteiger partial charge in [0, 0.05) is 30.0 Å². The Balaban J connectivity index is 1.38. The Kier molecular flexibility index (Phi) is 7.30. The van der Waals surface area contributed by atoms with Crippen molar-refractivity contribution in [2.45, 2.75) is 19.4 Å². The second-order valence-corrected chi connectivity index (χ2v) is 8.26. The van der Waals surface area contributed by atoms with Gasteiger partial charge in [-0.2, -0.15) is 0 Å². The molecule has 1 aliphatic rings. The summed E-state index contributed by atoms with van der Waals surface area (Å²) >= 11 is 0. The summed E-state index contributed by atoms with van der Waals surface area (Å²) in [6.07, 6.45) is 12.9. The van der Waals surface area contributed by atoms with Crippen molar-refractivity contribution in [3.05, 3.63) is 108 Å². The number of nitrogens with one attached hydrogen (secondary N) is 1. The number of esters is 1. The van der Waals surface area contributed by atoms with E-state index in [0.29, 0.717) is 11.3 Å². The van der Waals surface area contributed by atoms with E-state index in [2.05, 4.69) is 10.3 Å². The minimum atomic E-state index is -0.500. The fourth-order valence-electron chi connectivity index (χ4n) is 3.79. The molecule has 4 rings (SSSR count). The molecule has 0 radical (unpaired) electrons. The number of carbonyl (C=O) groups is 2. The summed E-state index contributed by atoms with van der Waals surface area (Å²) < 4.78 is 5.47. The Bertz CT molecular complexity index is 1280. The predicted molar refractivity (Wildman–Crippen MR) is 134 cm³/mol. The van der Waals surface area contributed by atoms with Crippen LogP contribution in [0.4, 0.5) is 5.69 Å². The summed E-state index contributed by atoms with van der Waals surface area (Å²) in [5.41, 5.74) is 8.82. The lowest BCUT2D eigenvalue weighted by Gasteiger charge is -2.16. The van der Waals surface area contributed by atoms with Crippen molar-refractivity contribution < 1.29 is 14.3 Å². The van der Waals surface area contributed by atoms with Crippen molar-refractivity contribution >= 4 is 28.3 Å². The summed E-state index contributed by atoms with van der Waals surface area (Å²) in [5.74, 6) is -0.867. The van der Waals surface area contributed by atoms with Crippen LogP contribution in [0.1, 0.15) is 24.0 Å². The van der Waals surface area contributed by atoms with Crippen LogP contribution < -0.4 is 11.1 Å². The highest BCUT2D eigenvalue weighted by Crippen LogP contribution is 2.22. The molecule has 172 valence electrons. The van der Waals surface area contributed by atoms with Crippen LogP contribution in [-0.4, -0.2) is 23.4 Å². The largest absolute Gasteiger partial charge is 0.457 e. The van der Waals surface area contributed by atoms with Crippen molar-refractivity contribution in [1.82, 2.24) is 4.98 Å². The Morgan fingerprint density at radius 2 is 1.91 bits per heavy atom. The first-order valence-corrected chi connectivity index (χ1v) is 11.2. The maximum atomic E-state index is 12.9. The molecular weight excluding hydrogens is 426 g/mol. The number of hydrogen-bond acceptors (Lipinski definition) is 5. The van der Waals surface area contributed by atoms with Crippen molar-refractivity contribution in [1.29, 1.82) is 0 Å². The van der Waals surface area contributed by atoms with Gasteiger partial charge in [-0.1, -0.05) is 61.6 Å². The van der Waals surface area contributed by atoms with Crippen LogP contribution in [0.15, 0.2) is 96.9 Å². The molecular formula is C28H27N3O3. The zero-order chi connectivity index (χ0) is 23.9. The van der Waals surface area contributed by atoms with E-state index in [1.807, 2.05) is 79.8 Å². The number of ether oxygens (including phenoxy) is 1. The number of anilines is 1. The van der Waals surface area contributed by atoms with Crippen LogP contribution >= 0.6 is 0 Å². The average Bonchev–Trinajstić information content (AvgIpc) is 3.08. The lowest BCUT2D eigenvalue weighted by molar-refractivity contribution is -0.139. The highest BCUT2D eigenvalue weighted by Gasteiger charge is 2.19. The van der Waals surface area contributed by atoms with Gasteiger partial charge in [0.1, 0.15) is 6.61 Å². The molecule has 2 atom stereocenters. The molecule has 3 N–H and O–H groups in total. The topological polar surface area (TPSA) is 94.3 Å². The second-order valence-electron chi connectivity index (χ2n) is 8.26. The van der Waals surface area contributed by atoms with Gasteiger partial charge in [-0.15, -0.1) is 0 Å². The van der Waals surface area contributed by atoms with Gasteiger partial charge in [0.05, 0.1) is 11.5 Å². The number of carbonyl (C=O) groups excluding carboxylic acids is 2. The molecule has 34 heavy (non-hydrogen) atoms. The van der Waals surface area contributed by atoms with Gasteiger partial charge in [0.25, 0.3) is 0 Å². The predicted octanol–water partition coefficient (Wildman–Crippen LogP) is 4.65. The number of benzene rings is 2. The van der Waals surface area contributed by atoms with Crippen molar-refractivity contribution in [2.24, 2.45) is 11.7 Å². The lowest BCUT2D eigenvalue weighted by Crippen LogP contribution is -2.27. The Hall–Kier alpha value is -4.03. The molecule has 0 aliphatic heterocycles. The second kappa shape index (κ2) is 10.7. The third-order valence-corrected chi connectivity index (χ3v) is 5.69. The van der Waals surface area contributed by atoms with Crippen LogP contribution in [0.5, 0.6) is 0 Å². The van der Waals surface area contributed by atoms with Crippen molar-refractivity contribution in [2.75, 3.05) is 11.9 Å². The van der Waals surface area contributed by atoms with Crippen LogP contribution in [0.25, 0.3) is 10.8 Å². The van der Waals surface area contributed by atoms with Crippen molar-refractivity contribution in [3.63, 3.8) is 0 Å². The van der Waals surface area contributed by atoms with E-state index in [0.717, 1.165) is 21.9 Å². The van der Waals surface area contributed by atoms with Gasteiger partial charge in [-0.25, -0.2) is 4.79 Å². The van der Waals surface area contributed by atoms with Gasteiger partial charge in [-0.3, -0.25) is 9.78 Å². The van der Waals surface area contributed by atoms with Gasteiger partial charge >= 0.3 is 5.97 Å². The summed E-state index contributed by atoms with van der Waals surface area (Å²) in [7, 11) is 0. The SMILES string of the molecule is CC1C=CC=CC(C(=O)OCc2ccc([C@@H](CN)C(=O)Nc3ccc4cnccc4c3)cc2)=C1. The highest BCUT2D eigenvalue weighted by atomic mass is 16.5. The zero-order valence-electron chi connectivity index (χ0n) is 19.0. The van der Waals surface area contributed by atoms with Crippen molar-refractivity contribution in [3.8, 4) is 0 Å². The number of nitrogens with two attached hydrogens (primary N) is 1. The normalized spacial score (nSPS) is 15.9. The third-order valence-electron chi connectivity index (χ3n) is 5.69. The van der Waals surface area contributed by atoms with Gasteiger partial charge in [0.15, 0.2) is 0 Å². The summed E-state index contributed by atoms with van der Waals surface area (Å²) in [6, 6.07) is 15.0. The fourth-order valence-corrected chi connectivity index (χ4v) is 3.79. The molecule has 6 nitrogen and oxygen atoms in total. The van der Waals surface area contributed by atoms with E-state index in [4.69, 9.17) is 10.5 Å². The molecule has 1 aliphatic carbocycles. The first kappa shape index (κ1) is 23.1. The molecule has 1 aromatic heterocycles. The molecule has 1 unspecified atom stereocenters. The number of fused-ring (bicyclic) bond motifs is 1. The van der Waals surface area contributed by atoms with Crippen LogP contribution in [0.3, 0.4) is 0 Å². The lowest BCUT2D eigenvalue weighted by atomic mass is 9.97. The van der Waals surface area contributed by atoms with E-state index < -0.39 is 5.92 Å². The van der Waals surface area contributed by atoms with Crippen LogP contribution in [-0.2, 0) is 20.9 Å². The van der Waals surface area contributed by atoms with E-state index in [9.17, 15) is 9.59 Å². The molecule has 1 heterocycles. The maximum Gasteiger partial charge on any atom is 0.338 e. The summed E-state index contributed by atoms with van der Waals surface area (Å²) in [6.45, 7) is 2.33. The van der Waals surface area contributed by atoms with Crippen LogP contribution in [0, 0.1) is 5.92 Å². The van der Waals surface area contributed by atoms with E-state index in [1.54, 1.807) is 18.5 Å². The molecule has 6 heteroatoms. The molecule has 3 aromatic rings. The maximum absolute atomic E-state index is 12.9. The minimum Gasteiger partial charge on any atom is -0.457 e. The number of amides is 1. The fraction of sp³-hybridized carbons (Fsp3) is 0.179. The van der Waals surface area contributed by atoms with Gasteiger partial charge in [-0.05, 0) is 46.7 Å². The number of pyridine rings is 1. The standard InChI is InChI=1S/C28H27N3O3/c1-19-4-2-3-5-23(14-19)28(33)34-18-20-6-8-21(9-7-20)26(16-29)27(32)31-25-11-10-24-17-30-13-12-22(24)15-25/h2-15,17,19,26H,16,18,29H2,1H3,(H,31,32)/t19?,26-/m1/s1. The Morgan fingerprint density at radius 1 is 1.09 bits per heavy atom. The van der Waals surface area contributed by atoms with Gasteiger partial charge < -0.3 is 15.8 Å². The summed E-state index contributed by atoms with van der Waals surface area (Å²) in [5, 5.41) is 4.96. The number of aromatic nitrogens is 1. The number of nitrogens with zero attached hydrogens (tertiary/aromatic N) is 1. The average molecular weight is 454 g/mol. The highest BCUT2D eigenvalue weighted by molar-refractivity contribution is 5.98. The first-order valence-electron chi connectivity index (χ1n) is 11.2.